The predicted octanol–water partition coefficient (Wildman–Crippen LogP) is 2.96. The maximum absolute atomic E-state index is 13.3. The highest BCUT2D eigenvalue weighted by atomic mass is 32.2. The third-order valence-electron chi connectivity index (χ3n) is 4.27. The summed E-state index contributed by atoms with van der Waals surface area (Å²) in [5.41, 5.74) is 6.67. The summed E-state index contributed by atoms with van der Waals surface area (Å²) in [5.74, 6) is 1.06. The van der Waals surface area contributed by atoms with E-state index in [2.05, 4.69) is 10.3 Å². The average molecular weight is 395 g/mol. The van der Waals surface area contributed by atoms with E-state index >= 15 is 0 Å². The topological polar surface area (TPSA) is 106 Å². The minimum Gasteiger partial charge on any atom is -0.497 e. The van der Waals surface area contributed by atoms with Gasteiger partial charge in [0, 0.05) is 17.5 Å². The van der Waals surface area contributed by atoms with Gasteiger partial charge in [0.25, 0.3) is 5.56 Å². The lowest BCUT2D eigenvalue weighted by Crippen LogP contribution is -2.32. The maximum Gasteiger partial charge on any atom is 0.271 e. The fourth-order valence-corrected chi connectivity index (χ4v) is 3.26. The van der Waals surface area contributed by atoms with E-state index in [4.69, 9.17) is 15.9 Å². The van der Waals surface area contributed by atoms with Crippen LogP contribution >= 0.6 is 11.8 Å². The number of nitrogens with one attached hydrogen (secondary N) is 2. The Bertz CT molecular complexity index is 1060. The number of amidine groups is 1. The van der Waals surface area contributed by atoms with Gasteiger partial charge in [-0.15, -0.1) is 11.8 Å². The van der Waals surface area contributed by atoms with Crippen LogP contribution in [0.2, 0.25) is 0 Å². The van der Waals surface area contributed by atoms with Crippen molar-refractivity contribution in [3.63, 3.8) is 0 Å². The number of ether oxygens (including phenoxy) is 1. The highest BCUT2D eigenvalue weighted by molar-refractivity contribution is 7.98. The molecular formula is C20H21N5O2S. The first kappa shape index (κ1) is 19.5. The molecule has 4 N–H and O–H groups in total. The molecule has 1 aromatic heterocycles. The molecule has 28 heavy (non-hydrogen) atoms. The molecule has 0 atom stereocenters. The number of anilines is 1. The summed E-state index contributed by atoms with van der Waals surface area (Å²) in [6.45, 7) is 0. The van der Waals surface area contributed by atoms with Crippen molar-refractivity contribution in [1.29, 1.82) is 5.41 Å². The molecule has 0 saturated carbocycles. The van der Waals surface area contributed by atoms with Crippen LogP contribution in [0.4, 0.5) is 5.82 Å². The molecule has 3 aromatic rings. The van der Waals surface area contributed by atoms with Gasteiger partial charge in [0.15, 0.2) is 0 Å². The Hall–Kier alpha value is -3.26. The number of rotatable bonds is 6. The zero-order valence-corrected chi connectivity index (χ0v) is 16.6. The minimum atomic E-state index is -0.416. The summed E-state index contributed by atoms with van der Waals surface area (Å²) in [5, 5.41) is 10.7. The summed E-state index contributed by atoms with van der Waals surface area (Å²) in [6.07, 6.45) is 2.00. The van der Waals surface area contributed by atoms with Crippen LogP contribution in [0.25, 0.3) is 17.1 Å². The SMILES string of the molecule is CNc1nc(-c2ccc(SC)cc2)n(-c2ccc(OC)cc2)c(=O)c1C(=N)N. The molecule has 7 nitrogen and oxygen atoms in total. The van der Waals surface area contributed by atoms with E-state index in [1.807, 2.05) is 30.5 Å². The van der Waals surface area contributed by atoms with Crippen LogP contribution in [0.1, 0.15) is 5.56 Å². The summed E-state index contributed by atoms with van der Waals surface area (Å²) in [7, 11) is 3.23. The fraction of sp³-hybridized carbons (Fsp3) is 0.150. The second kappa shape index (κ2) is 8.18. The van der Waals surface area contributed by atoms with Crippen molar-refractivity contribution in [2.45, 2.75) is 4.90 Å². The van der Waals surface area contributed by atoms with Crippen molar-refractivity contribution >= 4 is 23.4 Å². The van der Waals surface area contributed by atoms with Gasteiger partial charge in [-0.3, -0.25) is 14.8 Å². The van der Waals surface area contributed by atoms with Crippen molar-refractivity contribution in [3.8, 4) is 22.8 Å². The predicted molar refractivity (Wildman–Crippen MR) is 114 cm³/mol. The zero-order valence-electron chi connectivity index (χ0n) is 15.8. The molecule has 0 spiro atoms. The Morgan fingerprint density at radius 1 is 1.18 bits per heavy atom. The maximum atomic E-state index is 13.3. The number of aromatic nitrogens is 2. The van der Waals surface area contributed by atoms with E-state index in [9.17, 15) is 4.79 Å². The second-order valence-corrected chi connectivity index (χ2v) is 6.77. The normalized spacial score (nSPS) is 10.5. The monoisotopic (exact) mass is 395 g/mol. The number of nitrogen functional groups attached to an aromatic ring is 1. The molecule has 1 heterocycles. The number of benzene rings is 2. The van der Waals surface area contributed by atoms with E-state index in [-0.39, 0.29) is 17.2 Å². The summed E-state index contributed by atoms with van der Waals surface area (Å²) in [6, 6.07) is 14.9. The highest BCUT2D eigenvalue weighted by Crippen LogP contribution is 2.26. The Balaban J connectivity index is 2.33. The molecule has 2 aromatic carbocycles. The van der Waals surface area contributed by atoms with Crippen molar-refractivity contribution < 1.29 is 4.74 Å². The summed E-state index contributed by atoms with van der Waals surface area (Å²) < 4.78 is 6.67. The zero-order chi connectivity index (χ0) is 20.3. The van der Waals surface area contributed by atoms with Gasteiger partial charge >= 0.3 is 0 Å². The largest absolute Gasteiger partial charge is 0.497 e. The molecule has 0 aliphatic carbocycles. The van der Waals surface area contributed by atoms with Gasteiger partial charge in [-0.2, -0.15) is 0 Å². The molecule has 3 rings (SSSR count). The van der Waals surface area contributed by atoms with Gasteiger partial charge in [0.2, 0.25) is 0 Å². The first-order chi connectivity index (χ1) is 13.5. The highest BCUT2D eigenvalue weighted by Gasteiger charge is 2.20. The Kier molecular flexibility index (Phi) is 5.70. The van der Waals surface area contributed by atoms with Gasteiger partial charge in [-0.05, 0) is 42.7 Å². The van der Waals surface area contributed by atoms with E-state index < -0.39 is 5.56 Å². The smallest absolute Gasteiger partial charge is 0.271 e. The molecule has 0 amide bonds. The third-order valence-corrected chi connectivity index (χ3v) is 5.01. The van der Waals surface area contributed by atoms with E-state index in [1.165, 1.54) is 4.57 Å². The lowest BCUT2D eigenvalue weighted by Gasteiger charge is -2.17. The number of nitrogens with two attached hydrogens (primary N) is 1. The number of hydrogen-bond acceptors (Lipinski definition) is 6. The van der Waals surface area contributed by atoms with Gasteiger partial charge < -0.3 is 15.8 Å². The number of thioether (sulfide) groups is 1. The van der Waals surface area contributed by atoms with Gasteiger partial charge in [-0.25, -0.2) is 4.98 Å². The quantitative estimate of drug-likeness (QED) is 0.337. The molecule has 144 valence electrons. The van der Waals surface area contributed by atoms with Crippen LogP contribution in [0, 0.1) is 5.41 Å². The van der Waals surface area contributed by atoms with Crippen LogP contribution in [0.3, 0.4) is 0 Å². The van der Waals surface area contributed by atoms with E-state index in [0.717, 1.165) is 10.5 Å². The standard InChI is InChI=1S/C20H21N5O2S/c1-23-18-16(17(21)22)20(26)25(13-6-8-14(27-2)9-7-13)19(24-18)12-4-10-15(28-3)11-5-12/h4-11,23H,1-3H3,(H3,21,22). The number of methoxy groups -OCH3 is 1. The van der Waals surface area contributed by atoms with Gasteiger partial charge in [0.05, 0.1) is 12.8 Å². The molecule has 8 heteroatoms. The average Bonchev–Trinajstić information content (AvgIpc) is 2.72. The van der Waals surface area contributed by atoms with Crippen LogP contribution in [0.15, 0.2) is 58.2 Å². The number of hydrogen-bond donors (Lipinski definition) is 3. The number of nitrogens with zero attached hydrogens (tertiary/aromatic N) is 2. The van der Waals surface area contributed by atoms with Crippen molar-refractivity contribution in [1.82, 2.24) is 9.55 Å². The Morgan fingerprint density at radius 3 is 2.32 bits per heavy atom. The van der Waals surface area contributed by atoms with Crippen molar-refractivity contribution in [3.05, 3.63) is 64.4 Å². The molecule has 0 saturated heterocycles. The second-order valence-electron chi connectivity index (χ2n) is 5.89. The molecule has 0 aliphatic heterocycles. The fourth-order valence-electron chi connectivity index (χ4n) is 2.85. The molecule has 0 radical (unpaired) electrons. The summed E-state index contributed by atoms with van der Waals surface area (Å²) >= 11 is 1.63. The van der Waals surface area contributed by atoms with E-state index in [1.54, 1.807) is 50.2 Å². The molecule has 0 fully saturated rings. The van der Waals surface area contributed by atoms with E-state index in [0.29, 0.717) is 17.3 Å². The van der Waals surface area contributed by atoms with Gasteiger partial charge in [0.1, 0.15) is 28.8 Å². The summed E-state index contributed by atoms with van der Waals surface area (Å²) in [4.78, 5) is 19.0. The van der Waals surface area contributed by atoms with Crippen LogP contribution in [0.5, 0.6) is 5.75 Å². The molecule has 0 unspecified atom stereocenters. The minimum absolute atomic E-state index is 0.0304. The Labute approximate surface area is 167 Å². The van der Waals surface area contributed by atoms with Crippen LogP contribution in [-0.2, 0) is 0 Å². The third kappa shape index (κ3) is 3.59. The first-order valence-corrected chi connectivity index (χ1v) is 9.70. The lowest BCUT2D eigenvalue weighted by molar-refractivity contribution is 0.414. The van der Waals surface area contributed by atoms with Crippen LogP contribution in [-0.4, -0.2) is 35.8 Å². The van der Waals surface area contributed by atoms with Crippen molar-refractivity contribution in [2.24, 2.45) is 5.73 Å². The molecule has 0 bridgehead atoms. The van der Waals surface area contributed by atoms with Crippen LogP contribution < -0.4 is 21.3 Å². The molecular weight excluding hydrogens is 374 g/mol. The lowest BCUT2D eigenvalue weighted by atomic mass is 10.1. The van der Waals surface area contributed by atoms with Gasteiger partial charge in [-0.1, -0.05) is 12.1 Å². The molecule has 0 aliphatic rings. The Morgan fingerprint density at radius 2 is 1.82 bits per heavy atom. The van der Waals surface area contributed by atoms with Crippen molar-refractivity contribution in [2.75, 3.05) is 25.7 Å². The first-order valence-electron chi connectivity index (χ1n) is 8.48.